The molecule has 168 valence electrons. The van der Waals surface area contributed by atoms with E-state index in [4.69, 9.17) is 23.4 Å². The number of benzene rings is 2. The molecule has 2 aromatic carbocycles. The standard InChI is InChI=1S/C23H23NO8/c1-3-28-17-6-8-18(9-7-17)30-14-22(26)31-13-15-11-21(25)32-20-12-16(5-10-19(15)20)24-23(27)29-4-2/h5-12H,3-4,13-14H2,1-2H3,(H,24,27). The molecule has 9 nitrogen and oxygen atoms in total. The molecule has 0 spiro atoms. The lowest BCUT2D eigenvalue weighted by molar-refractivity contribution is -0.147. The molecule has 1 N–H and O–H groups in total. The van der Waals surface area contributed by atoms with Crippen LogP contribution in [0.15, 0.2) is 57.7 Å². The van der Waals surface area contributed by atoms with E-state index < -0.39 is 17.7 Å². The van der Waals surface area contributed by atoms with E-state index in [-0.39, 0.29) is 25.4 Å². The second-order valence-corrected chi connectivity index (χ2v) is 6.50. The van der Waals surface area contributed by atoms with Crippen LogP contribution >= 0.6 is 0 Å². The zero-order chi connectivity index (χ0) is 22.9. The van der Waals surface area contributed by atoms with Gasteiger partial charge in [-0.25, -0.2) is 14.4 Å². The summed E-state index contributed by atoms with van der Waals surface area (Å²) in [6, 6.07) is 12.9. The summed E-state index contributed by atoms with van der Waals surface area (Å²) in [5, 5.41) is 3.10. The minimum absolute atomic E-state index is 0.141. The summed E-state index contributed by atoms with van der Waals surface area (Å²) in [5.74, 6) is 0.608. The Hall–Kier alpha value is -4.01. The minimum atomic E-state index is -0.619. The summed E-state index contributed by atoms with van der Waals surface area (Å²) >= 11 is 0. The molecule has 0 aliphatic rings. The number of fused-ring (bicyclic) bond motifs is 1. The van der Waals surface area contributed by atoms with Crippen molar-refractivity contribution in [1.82, 2.24) is 0 Å². The van der Waals surface area contributed by atoms with Gasteiger partial charge in [0.15, 0.2) is 6.61 Å². The highest BCUT2D eigenvalue weighted by Crippen LogP contribution is 2.22. The first-order chi connectivity index (χ1) is 15.5. The van der Waals surface area contributed by atoms with Gasteiger partial charge in [0, 0.05) is 28.8 Å². The fourth-order valence-electron chi connectivity index (χ4n) is 2.85. The van der Waals surface area contributed by atoms with Crippen LogP contribution in [0, 0.1) is 0 Å². The van der Waals surface area contributed by atoms with E-state index in [9.17, 15) is 14.4 Å². The lowest BCUT2D eigenvalue weighted by atomic mass is 10.1. The number of hydrogen-bond acceptors (Lipinski definition) is 8. The molecule has 9 heteroatoms. The fourth-order valence-corrected chi connectivity index (χ4v) is 2.85. The molecule has 1 aromatic heterocycles. The number of amides is 1. The van der Waals surface area contributed by atoms with Gasteiger partial charge < -0.3 is 23.4 Å². The average molecular weight is 441 g/mol. The largest absolute Gasteiger partial charge is 0.494 e. The van der Waals surface area contributed by atoms with E-state index in [0.29, 0.717) is 34.7 Å². The highest BCUT2D eigenvalue weighted by molar-refractivity contribution is 5.90. The first-order valence-electron chi connectivity index (χ1n) is 10.00. The van der Waals surface area contributed by atoms with Gasteiger partial charge in [-0.15, -0.1) is 0 Å². The summed E-state index contributed by atoms with van der Waals surface area (Å²) in [6.07, 6.45) is -0.619. The predicted octanol–water partition coefficient (Wildman–Crippen LogP) is 3.88. The molecule has 0 unspecified atom stereocenters. The summed E-state index contributed by atoms with van der Waals surface area (Å²) < 4.78 is 26.0. The highest BCUT2D eigenvalue weighted by atomic mass is 16.6. The molecule has 32 heavy (non-hydrogen) atoms. The van der Waals surface area contributed by atoms with E-state index >= 15 is 0 Å². The second kappa shape index (κ2) is 10.9. The zero-order valence-corrected chi connectivity index (χ0v) is 17.7. The Labute approximate surface area is 183 Å². The third-order valence-corrected chi connectivity index (χ3v) is 4.23. The SMILES string of the molecule is CCOC(=O)Nc1ccc2c(COC(=O)COc3ccc(OCC)cc3)cc(=O)oc2c1. The minimum Gasteiger partial charge on any atom is -0.494 e. The van der Waals surface area contributed by atoms with E-state index in [1.807, 2.05) is 6.92 Å². The molecule has 0 saturated carbocycles. The number of nitrogens with one attached hydrogen (secondary N) is 1. The first-order valence-corrected chi connectivity index (χ1v) is 10.00. The Morgan fingerprint density at radius 2 is 1.62 bits per heavy atom. The maximum atomic E-state index is 12.1. The highest BCUT2D eigenvalue weighted by Gasteiger charge is 2.11. The van der Waals surface area contributed by atoms with E-state index in [2.05, 4.69) is 5.32 Å². The Bertz CT molecular complexity index is 1140. The van der Waals surface area contributed by atoms with Gasteiger partial charge in [-0.2, -0.15) is 0 Å². The Balaban J connectivity index is 1.61. The summed E-state index contributed by atoms with van der Waals surface area (Å²) in [4.78, 5) is 35.6. The molecular weight excluding hydrogens is 418 g/mol. The molecule has 1 heterocycles. The molecule has 0 aliphatic carbocycles. The summed E-state index contributed by atoms with van der Waals surface area (Å²) in [7, 11) is 0. The number of esters is 1. The summed E-state index contributed by atoms with van der Waals surface area (Å²) in [6.45, 7) is 3.93. The Kier molecular flexibility index (Phi) is 7.69. The number of hydrogen-bond donors (Lipinski definition) is 1. The number of rotatable bonds is 9. The van der Waals surface area contributed by atoms with Crippen LogP contribution in [0.1, 0.15) is 19.4 Å². The quantitative estimate of drug-likeness (QED) is 0.393. The molecule has 0 bridgehead atoms. The van der Waals surface area contributed by atoms with E-state index in [1.54, 1.807) is 43.3 Å². The first kappa shape index (κ1) is 22.7. The third kappa shape index (κ3) is 6.24. The van der Waals surface area contributed by atoms with Crippen molar-refractivity contribution in [3.63, 3.8) is 0 Å². The second-order valence-electron chi connectivity index (χ2n) is 6.50. The zero-order valence-electron chi connectivity index (χ0n) is 17.7. The molecule has 0 saturated heterocycles. The fraction of sp³-hybridized carbons (Fsp3) is 0.261. The Morgan fingerprint density at radius 3 is 2.31 bits per heavy atom. The van der Waals surface area contributed by atoms with Crippen molar-refractivity contribution in [2.24, 2.45) is 0 Å². The van der Waals surface area contributed by atoms with Gasteiger partial charge in [0.1, 0.15) is 23.7 Å². The lowest BCUT2D eigenvalue weighted by Gasteiger charge is -2.10. The van der Waals surface area contributed by atoms with Crippen molar-refractivity contribution in [2.75, 3.05) is 25.1 Å². The van der Waals surface area contributed by atoms with Gasteiger partial charge >= 0.3 is 17.7 Å². The van der Waals surface area contributed by atoms with Gasteiger partial charge in [-0.3, -0.25) is 5.32 Å². The maximum Gasteiger partial charge on any atom is 0.411 e. The molecule has 0 fully saturated rings. The van der Waals surface area contributed by atoms with Crippen molar-refractivity contribution >= 4 is 28.7 Å². The number of carbonyl (C=O) groups excluding carboxylic acids is 2. The van der Waals surface area contributed by atoms with E-state index in [0.717, 1.165) is 0 Å². The number of carbonyl (C=O) groups is 2. The summed E-state index contributed by atoms with van der Waals surface area (Å²) in [5.41, 5.74) is 0.497. The normalized spacial score (nSPS) is 10.4. The van der Waals surface area contributed by atoms with Crippen LogP contribution in [-0.4, -0.2) is 31.9 Å². The molecule has 3 aromatic rings. The van der Waals surface area contributed by atoms with Gasteiger partial charge in [0.25, 0.3) is 0 Å². The smallest absolute Gasteiger partial charge is 0.411 e. The van der Waals surface area contributed by atoms with Gasteiger partial charge in [-0.05, 0) is 50.2 Å². The molecule has 0 radical (unpaired) electrons. The van der Waals surface area contributed by atoms with Crippen LogP contribution in [0.2, 0.25) is 0 Å². The molecule has 1 amide bonds. The third-order valence-electron chi connectivity index (χ3n) is 4.23. The van der Waals surface area contributed by atoms with Crippen molar-refractivity contribution in [3.05, 3.63) is 64.5 Å². The molecule has 0 atom stereocenters. The molecule has 0 aliphatic heterocycles. The lowest BCUT2D eigenvalue weighted by Crippen LogP contribution is -2.15. The van der Waals surface area contributed by atoms with Crippen molar-refractivity contribution in [2.45, 2.75) is 20.5 Å². The van der Waals surface area contributed by atoms with Crippen LogP contribution in [0.3, 0.4) is 0 Å². The van der Waals surface area contributed by atoms with Crippen LogP contribution in [0.5, 0.6) is 11.5 Å². The van der Waals surface area contributed by atoms with Gasteiger partial charge in [0.2, 0.25) is 0 Å². The maximum absolute atomic E-state index is 12.1. The predicted molar refractivity (Wildman–Crippen MR) is 116 cm³/mol. The number of anilines is 1. The van der Waals surface area contributed by atoms with Crippen molar-refractivity contribution in [1.29, 1.82) is 0 Å². The monoisotopic (exact) mass is 441 g/mol. The van der Waals surface area contributed by atoms with E-state index in [1.165, 1.54) is 12.1 Å². The van der Waals surface area contributed by atoms with Gasteiger partial charge in [0.05, 0.1) is 13.2 Å². The molecular formula is C23H23NO8. The van der Waals surface area contributed by atoms with Crippen molar-refractivity contribution < 1.29 is 33.0 Å². The topological polar surface area (TPSA) is 113 Å². The van der Waals surface area contributed by atoms with Crippen LogP contribution in [-0.2, 0) is 20.9 Å². The average Bonchev–Trinajstić information content (AvgIpc) is 2.77. The van der Waals surface area contributed by atoms with Crippen LogP contribution in [0.4, 0.5) is 10.5 Å². The van der Waals surface area contributed by atoms with Crippen LogP contribution < -0.4 is 20.4 Å². The molecule has 3 rings (SSSR count). The number of ether oxygens (including phenoxy) is 4. The Morgan fingerprint density at radius 1 is 0.906 bits per heavy atom. The van der Waals surface area contributed by atoms with Crippen molar-refractivity contribution in [3.8, 4) is 11.5 Å². The van der Waals surface area contributed by atoms with Crippen LogP contribution in [0.25, 0.3) is 11.0 Å². The van der Waals surface area contributed by atoms with Gasteiger partial charge in [-0.1, -0.05) is 0 Å².